The second kappa shape index (κ2) is 6.31. The monoisotopic (exact) mass is 284 g/mol. The van der Waals surface area contributed by atoms with Crippen molar-refractivity contribution in [1.29, 1.82) is 0 Å². The van der Waals surface area contributed by atoms with Gasteiger partial charge in [0.2, 0.25) is 0 Å². The molecule has 2 rings (SSSR count). The van der Waals surface area contributed by atoms with Gasteiger partial charge in [-0.25, -0.2) is 4.98 Å². The number of hydrogen-bond acceptors (Lipinski definition) is 5. The summed E-state index contributed by atoms with van der Waals surface area (Å²) in [5, 5.41) is 19.9. The maximum atomic E-state index is 9.32. The standard InChI is InChI=1S/C14H24N2O2S/c1-14(9-17,10-18)8-16(2)7-12-6-15-13(19-12)11-4-3-5-11/h6,11,17-18H,3-5,7-10H2,1-2H3. The fraction of sp³-hybridized carbons (Fsp3) is 0.786. The third kappa shape index (κ3) is 3.75. The molecule has 0 saturated heterocycles. The highest BCUT2D eigenvalue weighted by atomic mass is 32.1. The average Bonchev–Trinajstić information content (AvgIpc) is 2.74. The molecule has 0 bridgehead atoms. The van der Waals surface area contributed by atoms with E-state index in [1.54, 1.807) is 0 Å². The minimum atomic E-state index is -0.434. The summed E-state index contributed by atoms with van der Waals surface area (Å²) in [6.45, 7) is 3.42. The molecule has 1 aliphatic carbocycles. The Morgan fingerprint density at radius 2 is 2.11 bits per heavy atom. The lowest BCUT2D eigenvalue weighted by molar-refractivity contribution is 0.0404. The lowest BCUT2D eigenvalue weighted by atomic mass is 9.86. The van der Waals surface area contributed by atoms with E-state index in [4.69, 9.17) is 0 Å². The van der Waals surface area contributed by atoms with Gasteiger partial charge in [0.15, 0.2) is 0 Å². The lowest BCUT2D eigenvalue weighted by Crippen LogP contribution is -2.38. The number of rotatable bonds is 7. The highest BCUT2D eigenvalue weighted by Gasteiger charge is 2.25. The molecule has 0 radical (unpaired) electrons. The highest BCUT2D eigenvalue weighted by Crippen LogP contribution is 2.38. The van der Waals surface area contributed by atoms with Crippen LogP contribution in [0.25, 0.3) is 0 Å². The molecule has 0 aromatic carbocycles. The lowest BCUT2D eigenvalue weighted by Gasteiger charge is -2.30. The molecule has 1 fully saturated rings. The maximum absolute atomic E-state index is 9.32. The van der Waals surface area contributed by atoms with E-state index in [0.717, 1.165) is 6.54 Å². The van der Waals surface area contributed by atoms with Crippen LogP contribution >= 0.6 is 11.3 Å². The molecule has 5 heteroatoms. The van der Waals surface area contributed by atoms with Gasteiger partial charge in [-0.1, -0.05) is 13.3 Å². The molecule has 1 aromatic heterocycles. The molecule has 0 amide bonds. The van der Waals surface area contributed by atoms with Crippen molar-refractivity contribution in [3.63, 3.8) is 0 Å². The van der Waals surface area contributed by atoms with E-state index in [0.29, 0.717) is 12.5 Å². The molecule has 0 atom stereocenters. The molecule has 2 N–H and O–H groups in total. The third-order valence-electron chi connectivity index (χ3n) is 3.87. The first-order valence-corrected chi connectivity index (χ1v) is 7.73. The van der Waals surface area contributed by atoms with Gasteiger partial charge in [-0.15, -0.1) is 11.3 Å². The Bertz CT molecular complexity index is 400. The highest BCUT2D eigenvalue weighted by molar-refractivity contribution is 7.11. The molecule has 1 heterocycles. The van der Waals surface area contributed by atoms with Gasteiger partial charge in [0.25, 0.3) is 0 Å². The fourth-order valence-electron chi connectivity index (χ4n) is 2.36. The van der Waals surface area contributed by atoms with Gasteiger partial charge < -0.3 is 15.1 Å². The van der Waals surface area contributed by atoms with E-state index in [9.17, 15) is 10.2 Å². The predicted octanol–water partition coefficient (Wildman–Crippen LogP) is 1.83. The second-order valence-corrected chi connectivity index (χ2v) is 7.24. The van der Waals surface area contributed by atoms with E-state index < -0.39 is 5.41 Å². The summed E-state index contributed by atoms with van der Waals surface area (Å²) in [7, 11) is 2.02. The number of aliphatic hydroxyl groups excluding tert-OH is 2. The van der Waals surface area contributed by atoms with Crippen LogP contribution < -0.4 is 0 Å². The minimum Gasteiger partial charge on any atom is -0.396 e. The third-order valence-corrected chi connectivity index (χ3v) is 5.01. The van der Waals surface area contributed by atoms with Gasteiger partial charge in [0, 0.05) is 35.5 Å². The van der Waals surface area contributed by atoms with Gasteiger partial charge in [-0.3, -0.25) is 0 Å². The molecule has 1 aliphatic rings. The zero-order valence-electron chi connectivity index (χ0n) is 11.8. The zero-order chi connectivity index (χ0) is 13.9. The first-order valence-electron chi connectivity index (χ1n) is 6.91. The van der Waals surface area contributed by atoms with E-state index in [-0.39, 0.29) is 13.2 Å². The van der Waals surface area contributed by atoms with Crippen LogP contribution in [-0.4, -0.2) is 46.9 Å². The predicted molar refractivity (Wildman–Crippen MR) is 77.3 cm³/mol. The SMILES string of the molecule is CN(Cc1cnc(C2CCC2)s1)CC(C)(CO)CO. The molecule has 1 saturated carbocycles. The van der Waals surface area contributed by atoms with Gasteiger partial charge in [0.1, 0.15) is 0 Å². The van der Waals surface area contributed by atoms with Crippen molar-refractivity contribution in [1.82, 2.24) is 9.88 Å². The quantitative estimate of drug-likeness (QED) is 0.802. The Kier molecular flexibility index (Phi) is 4.95. The molecule has 0 spiro atoms. The van der Waals surface area contributed by atoms with Crippen molar-refractivity contribution in [2.45, 2.75) is 38.6 Å². The number of hydrogen-bond donors (Lipinski definition) is 2. The first kappa shape index (κ1) is 14.9. The Morgan fingerprint density at radius 3 is 2.63 bits per heavy atom. The van der Waals surface area contributed by atoms with Crippen LogP contribution in [0.2, 0.25) is 0 Å². The van der Waals surface area contributed by atoms with Crippen molar-refractivity contribution in [2.75, 3.05) is 26.8 Å². The fourth-order valence-corrected chi connectivity index (χ4v) is 3.53. The van der Waals surface area contributed by atoms with Crippen LogP contribution in [0, 0.1) is 5.41 Å². The summed E-state index contributed by atoms with van der Waals surface area (Å²) >= 11 is 1.81. The summed E-state index contributed by atoms with van der Waals surface area (Å²) < 4.78 is 0. The van der Waals surface area contributed by atoms with Crippen LogP contribution in [0.5, 0.6) is 0 Å². The molecular formula is C14H24N2O2S. The molecular weight excluding hydrogens is 260 g/mol. The molecule has 1 aromatic rings. The maximum Gasteiger partial charge on any atom is 0.0959 e. The second-order valence-electron chi connectivity index (χ2n) is 6.09. The molecule has 0 unspecified atom stereocenters. The molecule has 108 valence electrons. The first-order chi connectivity index (χ1) is 9.06. The summed E-state index contributed by atoms with van der Waals surface area (Å²) in [5.74, 6) is 0.698. The summed E-state index contributed by atoms with van der Waals surface area (Å²) in [6, 6.07) is 0. The largest absolute Gasteiger partial charge is 0.396 e. The topological polar surface area (TPSA) is 56.6 Å². The van der Waals surface area contributed by atoms with E-state index in [2.05, 4.69) is 9.88 Å². The normalized spacial score (nSPS) is 16.9. The van der Waals surface area contributed by atoms with Crippen LogP contribution in [-0.2, 0) is 6.54 Å². The Hall–Kier alpha value is -0.490. The van der Waals surface area contributed by atoms with Crippen molar-refractivity contribution >= 4 is 11.3 Å². The Labute approximate surface area is 119 Å². The van der Waals surface area contributed by atoms with Crippen molar-refractivity contribution in [3.8, 4) is 0 Å². The van der Waals surface area contributed by atoms with E-state index in [1.165, 1.54) is 29.1 Å². The number of thiazole rings is 1. The van der Waals surface area contributed by atoms with Crippen LogP contribution in [0.15, 0.2) is 6.20 Å². The van der Waals surface area contributed by atoms with Gasteiger partial charge >= 0.3 is 0 Å². The number of nitrogens with zero attached hydrogens (tertiary/aromatic N) is 2. The number of aliphatic hydroxyl groups is 2. The van der Waals surface area contributed by atoms with Gasteiger partial charge in [0.05, 0.1) is 18.2 Å². The van der Waals surface area contributed by atoms with Gasteiger partial charge in [-0.05, 0) is 19.9 Å². The summed E-state index contributed by atoms with van der Waals surface area (Å²) in [4.78, 5) is 7.93. The van der Waals surface area contributed by atoms with E-state index in [1.807, 2.05) is 31.5 Å². The van der Waals surface area contributed by atoms with Crippen molar-refractivity contribution in [2.24, 2.45) is 5.41 Å². The molecule has 19 heavy (non-hydrogen) atoms. The smallest absolute Gasteiger partial charge is 0.0959 e. The van der Waals surface area contributed by atoms with Crippen LogP contribution in [0.1, 0.15) is 42.0 Å². The van der Waals surface area contributed by atoms with E-state index >= 15 is 0 Å². The van der Waals surface area contributed by atoms with Crippen LogP contribution in [0.3, 0.4) is 0 Å². The van der Waals surface area contributed by atoms with Crippen molar-refractivity contribution in [3.05, 3.63) is 16.1 Å². The van der Waals surface area contributed by atoms with Gasteiger partial charge in [-0.2, -0.15) is 0 Å². The van der Waals surface area contributed by atoms with Crippen LogP contribution in [0.4, 0.5) is 0 Å². The molecule has 0 aliphatic heterocycles. The summed E-state index contributed by atoms with van der Waals surface area (Å²) in [5.41, 5.74) is -0.434. The number of aromatic nitrogens is 1. The van der Waals surface area contributed by atoms with Crippen molar-refractivity contribution < 1.29 is 10.2 Å². The average molecular weight is 284 g/mol. The zero-order valence-corrected chi connectivity index (χ0v) is 12.6. The Morgan fingerprint density at radius 1 is 1.42 bits per heavy atom. The Balaban J connectivity index is 1.87. The molecule has 4 nitrogen and oxygen atoms in total. The summed E-state index contributed by atoms with van der Waals surface area (Å²) in [6.07, 6.45) is 5.89. The minimum absolute atomic E-state index is 0.00382.